The van der Waals surface area contributed by atoms with E-state index in [9.17, 15) is 5.11 Å². The van der Waals surface area contributed by atoms with Gasteiger partial charge in [0.2, 0.25) is 0 Å². The largest absolute Gasteiger partial charge is 0.393 e. The molecular formula is C10H21NO. The molecule has 0 radical (unpaired) electrons. The first kappa shape index (κ1) is 10.0. The summed E-state index contributed by atoms with van der Waals surface area (Å²) >= 11 is 0. The van der Waals surface area contributed by atoms with E-state index in [1.807, 2.05) is 0 Å². The topological polar surface area (TPSA) is 46.2 Å². The number of aliphatic hydroxyl groups is 1. The van der Waals surface area contributed by atoms with Crippen LogP contribution in [-0.4, -0.2) is 17.8 Å². The van der Waals surface area contributed by atoms with Crippen molar-refractivity contribution >= 4 is 0 Å². The first-order chi connectivity index (χ1) is 5.72. The molecule has 0 aliphatic heterocycles. The fraction of sp³-hybridized carbons (Fsp3) is 1.00. The molecule has 1 aliphatic rings. The van der Waals surface area contributed by atoms with Crippen LogP contribution in [0.4, 0.5) is 0 Å². The third kappa shape index (κ3) is 2.20. The number of aliphatic hydroxyl groups excluding tert-OH is 1. The van der Waals surface area contributed by atoms with E-state index < -0.39 is 0 Å². The van der Waals surface area contributed by atoms with Gasteiger partial charge in [-0.3, -0.25) is 0 Å². The van der Waals surface area contributed by atoms with Gasteiger partial charge in [0.1, 0.15) is 0 Å². The second-order valence-electron chi connectivity index (χ2n) is 4.19. The van der Waals surface area contributed by atoms with E-state index in [4.69, 9.17) is 5.73 Å². The summed E-state index contributed by atoms with van der Waals surface area (Å²) in [6.07, 6.45) is 6.55. The minimum Gasteiger partial charge on any atom is -0.393 e. The monoisotopic (exact) mass is 171 g/mol. The molecule has 0 aromatic heterocycles. The third-order valence-electron chi connectivity index (χ3n) is 3.23. The molecule has 0 atom stereocenters. The summed E-state index contributed by atoms with van der Waals surface area (Å²) in [5, 5.41) is 9.36. The van der Waals surface area contributed by atoms with Crippen molar-refractivity contribution in [2.75, 3.05) is 6.54 Å². The lowest BCUT2D eigenvalue weighted by molar-refractivity contribution is 0.0614. The van der Waals surface area contributed by atoms with Crippen LogP contribution in [0.2, 0.25) is 0 Å². The van der Waals surface area contributed by atoms with Crippen LogP contribution in [0, 0.1) is 5.41 Å². The molecule has 0 spiro atoms. The molecule has 0 saturated heterocycles. The first-order valence-corrected chi connectivity index (χ1v) is 5.10. The highest BCUT2D eigenvalue weighted by Crippen LogP contribution is 2.39. The SMILES string of the molecule is CCCC1(CN)CCC(O)CC1. The molecular weight excluding hydrogens is 150 g/mol. The molecule has 0 amide bonds. The molecule has 1 fully saturated rings. The first-order valence-electron chi connectivity index (χ1n) is 5.10. The lowest BCUT2D eigenvalue weighted by Gasteiger charge is -2.38. The summed E-state index contributed by atoms with van der Waals surface area (Å²) in [5.74, 6) is 0. The highest BCUT2D eigenvalue weighted by molar-refractivity contribution is 4.85. The molecule has 0 bridgehead atoms. The molecule has 0 aromatic rings. The Balaban J connectivity index is 2.45. The Hall–Kier alpha value is -0.0800. The van der Waals surface area contributed by atoms with Crippen LogP contribution in [0.5, 0.6) is 0 Å². The van der Waals surface area contributed by atoms with Crippen molar-refractivity contribution in [3.63, 3.8) is 0 Å². The molecule has 1 rings (SSSR count). The zero-order valence-electron chi connectivity index (χ0n) is 8.05. The van der Waals surface area contributed by atoms with E-state index in [0.717, 1.165) is 32.2 Å². The van der Waals surface area contributed by atoms with Gasteiger partial charge in [-0.05, 0) is 44.1 Å². The van der Waals surface area contributed by atoms with Crippen molar-refractivity contribution < 1.29 is 5.11 Å². The number of hydrogen-bond donors (Lipinski definition) is 2. The smallest absolute Gasteiger partial charge is 0.0540 e. The minimum atomic E-state index is -0.0541. The molecule has 1 aliphatic carbocycles. The predicted octanol–water partition coefficient (Wildman–Crippen LogP) is 1.67. The molecule has 0 aromatic carbocycles. The van der Waals surface area contributed by atoms with E-state index in [2.05, 4.69) is 6.92 Å². The maximum atomic E-state index is 9.36. The van der Waals surface area contributed by atoms with Crippen LogP contribution in [0.25, 0.3) is 0 Å². The van der Waals surface area contributed by atoms with Crippen LogP contribution >= 0.6 is 0 Å². The Morgan fingerprint density at radius 3 is 2.42 bits per heavy atom. The summed E-state index contributed by atoms with van der Waals surface area (Å²) in [4.78, 5) is 0. The number of hydrogen-bond acceptors (Lipinski definition) is 2. The maximum Gasteiger partial charge on any atom is 0.0540 e. The zero-order chi connectivity index (χ0) is 9.03. The average Bonchev–Trinajstić information content (AvgIpc) is 2.10. The fourth-order valence-electron chi connectivity index (χ4n) is 2.30. The van der Waals surface area contributed by atoms with Crippen molar-refractivity contribution in [2.45, 2.75) is 51.6 Å². The summed E-state index contributed by atoms with van der Waals surface area (Å²) in [7, 11) is 0. The van der Waals surface area contributed by atoms with Crippen molar-refractivity contribution in [3.05, 3.63) is 0 Å². The van der Waals surface area contributed by atoms with Crippen LogP contribution in [-0.2, 0) is 0 Å². The second kappa shape index (κ2) is 4.24. The van der Waals surface area contributed by atoms with Gasteiger partial charge < -0.3 is 10.8 Å². The van der Waals surface area contributed by atoms with Crippen molar-refractivity contribution in [1.29, 1.82) is 0 Å². The van der Waals surface area contributed by atoms with Gasteiger partial charge in [-0.1, -0.05) is 13.3 Å². The van der Waals surface area contributed by atoms with Gasteiger partial charge in [0.15, 0.2) is 0 Å². The summed E-state index contributed by atoms with van der Waals surface area (Å²) in [5.41, 5.74) is 6.16. The lowest BCUT2D eigenvalue weighted by atomic mass is 9.70. The Morgan fingerprint density at radius 2 is 2.00 bits per heavy atom. The summed E-state index contributed by atoms with van der Waals surface area (Å²) in [6, 6.07) is 0. The van der Waals surface area contributed by atoms with E-state index in [0.29, 0.717) is 5.41 Å². The van der Waals surface area contributed by atoms with Crippen LogP contribution in [0.3, 0.4) is 0 Å². The van der Waals surface area contributed by atoms with E-state index >= 15 is 0 Å². The Kier molecular flexibility index (Phi) is 3.53. The number of rotatable bonds is 3. The maximum absolute atomic E-state index is 9.36. The van der Waals surface area contributed by atoms with Crippen molar-refractivity contribution in [1.82, 2.24) is 0 Å². The Labute approximate surface area is 75.2 Å². The molecule has 2 heteroatoms. The van der Waals surface area contributed by atoms with Crippen molar-refractivity contribution in [3.8, 4) is 0 Å². The molecule has 3 N–H and O–H groups in total. The van der Waals surface area contributed by atoms with E-state index in [-0.39, 0.29) is 6.10 Å². The van der Waals surface area contributed by atoms with Gasteiger partial charge >= 0.3 is 0 Å². The quantitative estimate of drug-likeness (QED) is 0.678. The second-order valence-corrected chi connectivity index (χ2v) is 4.19. The molecule has 0 heterocycles. The van der Waals surface area contributed by atoms with Gasteiger partial charge in [-0.2, -0.15) is 0 Å². The van der Waals surface area contributed by atoms with Gasteiger partial charge in [0.25, 0.3) is 0 Å². The minimum absolute atomic E-state index is 0.0541. The van der Waals surface area contributed by atoms with Gasteiger partial charge in [-0.25, -0.2) is 0 Å². The fourth-order valence-corrected chi connectivity index (χ4v) is 2.30. The molecule has 0 unspecified atom stereocenters. The highest BCUT2D eigenvalue weighted by Gasteiger charge is 2.32. The van der Waals surface area contributed by atoms with E-state index in [1.54, 1.807) is 0 Å². The van der Waals surface area contributed by atoms with Gasteiger partial charge in [0.05, 0.1) is 6.10 Å². The van der Waals surface area contributed by atoms with Crippen LogP contribution < -0.4 is 5.73 Å². The predicted molar refractivity (Wildman–Crippen MR) is 50.9 cm³/mol. The molecule has 12 heavy (non-hydrogen) atoms. The van der Waals surface area contributed by atoms with Crippen molar-refractivity contribution in [2.24, 2.45) is 11.1 Å². The standard InChI is InChI=1S/C10H21NO/c1-2-5-10(8-11)6-3-9(12)4-7-10/h9,12H,2-8,11H2,1H3. The molecule has 2 nitrogen and oxygen atoms in total. The molecule has 1 saturated carbocycles. The van der Waals surface area contributed by atoms with Crippen LogP contribution in [0.1, 0.15) is 45.4 Å². The normalized spacial score (nSPS) is 36.8. The lowest BCUT2D eigenvalue weighted by Crippen LogP contribution is -2.36. The Morgan fingerprint density at radius 1 is 1.42 bits per heavy atom. The summed E-state index contributed by atoms with van der Waals surface area (Å²) < 4.78 is 0. The van der Waals surface area contributed by atoms with E-state index in [1.165, 1.54) is 12.8 Å². The zero-order valence-corrected chi connectivity index (χ0v) is 8.05. The average molecular weight is 171 g/mol. The van der Waals surface area contributed by atoms with Gasteiger partial charge in [-0.15, -0.1) is 0 Å². The highest BCUT2D eigenvalue weighted by atomic mass is 16.3. The number of nitrogens with two attached hydrogens (primary N) is 1. The molecule has 72 valence electrons. The summed E-state index contributed by atoms with van der Waals surface area (Å²) in [6.45, 7) is 3.01. The van der Waals surface area contributed by atoms with Gasteiger partial charge in [0, 0.05) is 0 Å². The van der Waals surface area contributed by atoms with Crippen LogP contribution in [0.15, 0.2) is 0 Å². The Bertz CT molecular complexity index is 128. The third-order valence-corrected chi connectivity index (χ3v) is 3.23.